The summed E-state index contributed by atoms with van der Waals surface area (Å²) in [4.78, 5) is 26.2. The molecule has 3 heterocycles. The number of hydrogen-bond donors (Lipinski definition) is 1. The van der Waals surface area contributed by atoms with Crippen molar-refractivity contribution in [3.63, 3.8) is 0 Å². The Morgan fingerprint density at radius 2 is 2.00 bits per heavy atom. The number of thiophene rings is 1. The van der Waals surface area contributed by atoms with E-state index in [4.69, 9.17) is 0 Å². The fourth-order valence-electron chi connectivity index (χ4n) is 3.23. The molecule has 1 aromatic carbocycles. The average Bonchev–Trinajstić information content (AvgIpc) is 3.33. The Morgan fingerprint density at radius 1 is 1.11 bits per heavy atom. The molecule has 0 saturated carbocycles. The van der Waals surface area contributed by atoms with Crippen LogP contribution in [0.3, 0.4) is 0 Å². The van der Waals surface area contributed by atoms with Gasteiger partial charge in [0.2, 0.25) is 5.91 Å². The first-order valence-electron chi connectivity index (χ1n) is 8.72. The lowest BCUT2D eigenvalue weighted by Gasteiger charge is -2.13. The van der Waals surface area contributed by atoms with Crippen LogP contribution in [0.5, 0.6) is 0 Å². The zero-order valence-corrected chi connectivity index (χ0v) is 15.3. The van der Waals surface area contributed by atoms with E-state index in [0.717, 1.165) is 11.9 Å². The quantitative estimate of drug-likeness (QED) is 0.556. The van der Waals surface area contributed by atoms with E-state index in [1.165, 1.54) is 21.6 Å². The second kappa shape index (κ2) is 7.36. The van der Waals surface area contributed by atoms with Gasteiger partial charge in [0.15, 0.2) is 0 Å². The third kappa shape index (κ3) is 3.50. The van der Waals surface area contributed by atoms with Crippen molar-refractivity contribution >= 4 is 33.8 Å². The van der Waals surface area contributed by atoms with Crippen LogP contribution < -0.4 is 10.9 Å². The molecule has 5 nitrogen and oxygen atoms in total. The monoisotopic (exact) mass is 383 g/mol. The van der Waals surface area contributed by atoms with E-state index in [1.54, 1.807) is 40.1 Å². The second-order valence-electron chi connectivity index (χ2n) is 6.28. The Labute approximate surface area is 158 Å². The lowest BCUT2D eigenvalue weighted by Crippen LogP contribution is -2.29. The minimum atomic E-state index is -0.414. The van der Waals surface area contributed by atoms with E-state index in [1.807, 2.05) is 17.5 Å². The fraction of sp³-hybridized carbons (Fsp3) is 0.200. The Balaban J connectivity index is 1.53. The van der Waals surface area contributed by atoms with Gasteiger partial charge in [0.05, 0.1) is 11.0 Å². The highest BCUT2D eigenvalue weighted by Crippen LogP contribution is 2.17. The molecule has 0 atom stereocenters. The number of rotatable bonds is 6. The van der Waals surface area contributed by atoms with Crippen molar-refractivity contribution < 1.29 is 9.18 Å². The SMILES string of the molecule is O=C(CCn1c(=O)c2cccn2c2ccc(F)cc21)NCCc1cccs1. The number of fused-ring (bicyclic) bond motifs is 3. The first-order chi connectivity index (χ1) is 13.1. The molecule has 0 spiro atoms. The van der Waals surface area contributed by atoms with Gasteiger partial charge in [-0.25, -0.2) is 4.39 Å². The fourth-order valence-corrected chi connectivity index (χ4v) is 3.94. The van der Waals surface area contributed by atoms with Crippen LogP contribution in [0.25, 0.3) is 16.6 Å². The Morgan fingerprint density at radius 3 is 2.81 bits per heavy atom. The molecule has 0 unspecified atom stereocenters. The zero-order chi connectivity index (χ0) is 18.8. The van der Waals surface area contributed by atoms with E-state index in [2.05, 4.69) is 5.32 Å². The molecular weight excluding hydrogens is 365 g/mol. The molecule has 7 heteroatoms. The molecule has 0 aliphatic heterocycles. The normalized spacial score (nSPS) is 11.3. The molecule has 1 N–H and O–H groups in total. The molecule has 0 bridgehead atoms. The smallest absolute Gasteiger partial charge is 0.275 e. The Kier molecular flexibility index (Phi) is 4.77. The average molecular weight is 383 g/mol. The molecule has 3 aromatic heterocycles. The lowest BCUT2D eigenvalue weighted by atomic mass is 10.2. The van der Waals surface area contributed by atoms with E-state index in [-0.39, 0.29) is 24.4 Å². The van der Waals surface area contributed by atoms with E-state index in [0.29, 0.717) is 17.6 Å². The number of carbonyl (C=O) groups is 1. The predicted molar refractivity (Wildman–Crippen MR) is 105 cm³/mol. The Hall–Kier alpha value is -2.93. The highest BCUT2D eigenvalue weighted by Gasteiger charge is 2.12. The van der Waals surface area contributed by atoms with Crippen molar-refractivity contribution in [2.75, 3.05) is 6.54 Å². The molecule has 0 fully saturated rings. The molecule has 1 amide bonds. The number of nitrogens with zero attached hydrogens (tertiary/aromatic N) is 2. The summed E-state index contributed by atoms with van der Waals surface area (Å²) in [7, 11) is 0. The molecule has 0 radical (unpaired) electrons. The minimum Gasteiger partial charge on any atom is -0.356 e. The van der Waals surface area contributed by atoms with Crippen LogP contribution in [0, 0.1) is 5.82 Å². The first-order valence-corrected chi connectivity index (χ1v) is 9.59. The topological polar surface area (TPSA) is 55.5 Å². The van der Waals surface area contributed by atoms with Gasteiger partial charge < -0.3 is 14.3 Å². The zero-order valence-electron chi connectivity index (χ0n) is 14.5. The van der Waals surface area contributed by atoms with Gasteiger partial charge >= 0.3 is 0 Å². The summed E-state index contributed by atoms with van der Waals surface area (Å²) in [5, 5.41) is 4.88. The van der Waals surface area contributed by atoms with Crippen molar-refractivity contribution in [1.29, 1.82) is 0 Å². The summed E-state index contributed by atoms with van der Waals surface area (Å²) in [6.07, 6.45) is 2.72. The number of amides is 1. The maximum atomic E-state index is 13.8. The summed E-state index contributed by atoms with van der Waals surface area (Å²) in [6.45, 7) is 0.757. The number of benzene rings is 1. The molecule has 27 heavy (non-hydrogen) atoms. The maximum Gasteiger partial charge on any atom is 0.275 e. The van der Waals surface area contributed by atoms with Crippen molar-refractivity contribution in [2.45, 2.75) is 19.4 Å². The van der Waals surface area contributed by atoms with Crippen LogP contribution in [0.4, 0.5) is 4.39 Å². The summed E-state index contributed by atoms with van der Waals surface area (Å²) in [5.74, 6) is -0.541. The highest BCUT2D eigenvalue weighted by molar-refractivity contribution is 7.09. The summed E-state index contributed by atoms with van der Waals surface area (Å²) in [6, 6.07) is 11.9. The van der Waals surface area contributed by atoms with E-state index in [9.17, 15) is 14.0 Å². The van der Waals surface area contributed by atoms with Gasteiger partial charge in [0.25, 0.3) is 5.56 Å². The van der Waals surface area contributed by atoms with Crippen molar-refractivity contribution in [2.24, 2.45) is 0 Å². The third-order valence-corrected chi connectivity index (χ3v) is 5.47. The third-order valence-electron chi connectivity index (χ3n) is 4.54. The number of aryl methyl sites for hydroxylation is 1. The molecule has 138 valence electrons. The highest BCUT2D eigenvalue weighted by atomic mass is 32.1. The van der Waals surface area contributed by atoms with Gasteiger partial charge in [-0.3, -0.25) is 9.59 Å². The van der Waals surface area contributed by atoms with Gasteiger partial charge in [-0.2, -0.15) is 0 Å². The lowest BCUT2D eigenvalue weighted by molar-refractivity contribution is -0.121. The van der Waals surface area contributed by atoms with E-state index >= 15 is 0 Å². The molecule has 0 aliphatic rings. The summed E-state index contributed by atoms with van der Waals surface area (Å²) < 4.78 is 17.0. The molecule has 0 saturated heterocycles. The molecule has 0 aliphatic carbocycles. The minimum absolute atomic E-state index is 0.127. The van der Waals surface area contributed by atoms with Crippen LogP contribution in [0.15, 0.2) is 58.8 Å². The Bertz CT molecular complexity index is 1160. The van der Waals surface area contributed by atoms with Gasteiger partial charge in [-0.05, 0) is 48.2 Å². The summed E-state index contributed by atoms with van der Waals surface area (Å²) in [5.41, 5.74) is 1.49. The van der Waals surface area contributed by atoms with Gasteiger partial charge in [0, 0.05) is 30.6 Å². The number of carbonyl (C=O) groups excluding carboxylic acids is 1. The van der Waals surface area contributed by atoms with Crippen LogP contribution in [0.2, 0.25) is 0 Å². The number of aromatic nitrogens is 2. The molecule has 4 aromatic rings. The van der Waals surface area contributed by atoms with E-state index < -0.39 is 5.82 Å². The second-order valence-corrected chi connectivity index (χ2v) is 7.31. The van der Waals surface area contributed by atoms with Crippen LogP contribution in [-0.2, 0) is 17.8 Å². The standard InChI is InChI=1S/C20H18FN3O2S/c21-14-5-6-16-18(13-14)24(20(26)17-4-1-10-23(16)17)11-8-19(25)22-9-7-15-3-2-12-27-15/h1-6,10,12-13H,7-9,11H2,(H,22,25). The van der Waals surface area contributed by atoms with Gasteiger partial charge in [0.1, 0.15) is 11.3 Å². The van der Waals surface area contributed by atoms with Gasteiger partial charge in [-0.1, -0.05) is 6.07 Å². The van der Waals surface area contributed by atoms with Crippen molar-refractivity contribution in [3.8, 4) is 0 Å². The number of nitrogens with one attached hydrogen (secondary N) is 1. The van der Waals surface area contributed by atoms with Gasteiger partial charge in [-0.15, -0.1) is 11.3 Å². The predicted octanol–water partition coefficient (Wildman–Crippen LogP) is 3.20. The van der Waals surface area contributed by atoms with Crippen LogP contribution >= 0.6 is 11.3 Å². The number of halogens is 1. The molecular formula is C20H18FN3O2S. The van der Waals surface area contributed by atoms with Crippen molar-refractivity contribution in [3.05, 3.63) is 75.1 Å². The molecule has 4 rings (SSSR count). The van der Waals surface area contributed by atoms with Crippen molar-refractivity contribution in [1.82, 2.24) is 14.3 Å². The number of hydrogen-bond acceptors (Lipinski definition) is 3. The first kappa shape index (κ1) is 17.5. The van der Waals surface area contributed by atoms with Crippen LogP contribution in [0.1, 0.15) is 11.3 Å². The summed E-state index contributed by atoms with van der Waals surface area (Å²) >= 11 is 1.66. The van der Waals surface area contributed by atoms with Crippen LogP contribution in [-0.4, -0.2) is 21.4 Å². The largest absolute Gasteiger partial charge is 0.356 e. The maximum absolute atomic E-state index is 13.8.